The molecule has 1 aliphatic heterocycles. The van der Waals surface area contributed by atoms with Crippen LogP contribution < -0.4 is 0 Å². The second-order valence-electron chi connectivity index (χ2n) is 7.92. The molecule has 0 saturated carbocycles. The molecule has 1 fully saturated rings. The van der Waals surface area contributed by atoms with E-state index < -0.39 is 0 Å². The van der Waals surface area contributed by atoms with E-state index >= 15 is 0 Å². The molecule has 4 rings (SSSR count). The quantitative estimate of drug-likeness (QED) is 0.635. The zero-order valence-electron chi connectivity index (χ0n) is 17.4. The summed E-state index contributed by atoms with van der Waals surface area (Å²) in [6.07, 6.45) is 5.20. The Labute approximate surface area is 180 Å². The second kappa shape index (κ2) is 9.12. The van der Waals surface area contributed by atoms with Crippen molar-refractivity contribution in [3.8, 4) is 5.69 Å². The van der Waals surface area contributed by atoms with E-state index in [9.17, 15) is 14.0 Å². The predicted octanol–water partition coefficient (Wildman–Crippen LogP) is 3.52. The van der Waals surface area contributed by atoms with Crippen LogP contribution in [0.1, 0.15) is 28.8 Å². The number of nitrogens with zero attached hydrogens (tertiary/aromatic N) is 4. The molecule has 1 aliphatic rings. The van der Waals surface area contributed by atoms with E-state index in [4.69, 9.17) is 0 Å². The maximum absolute atomic E-state index is 13.1. The molecular weight excluding hydrogens is 395 g/mol. The maximum Gasteiger partial charge on any atom is 0.253 e. The molecule has 1 atom stereocenters. The average molecular weight is 420 g/mol. The molecule has 2 aromatic carbocycles. The summed E-state index contributed by atoms with van der Waals surface area (Å²) in [5.41, 5.74) is 2.34. The Morgan fingerprint density at radius 3 is 2.61 bits per heavy atom. The standard InChI is InChI=1S/C24H25FN4O2/c1-27(15-18-14-26-29(16-18)22-7-3-2-4-8-22)23(30)20-6-5-13-28(17-20)24(31)19-9-11-21(25)12-10-19/h2-4,7-12,14,16,20H,5-6,13,15,17H2,1H3. The van der Waals surface area contributed by atoms with Crippen LogP contribution in [0, 0.1) is 11.7 Å². The third kappa shape index (κ3) is 4.82. The lowest BCUT2D eigenvalue weighted by molar-refractivity contribution is -0.136. The SMILES string of the molecule is CN(Cc1cnn(-c2ccccc2)c1)C(=O)C1CCCN(C(=O)c2ccc(F)cc2)C1. The number of aromatic nitrogens is 2. The van der Waals surface area contributed by atoms with Crippen LogP contribution in [-0.4, -0.2) is 51.5 Å². The Morgan fingerprint density at radius 1 is 1.13 bits per heavy atom. The van der Waals surface area contributed by atoms with Crippen molar-refractivity contribution in [2.45, 2.75) is 19.4 Å². The van der Waals surface area contributed by atoms with Gasteiger partial charge in [0.15, 0.2) is 0 Å². The molecule has 160 valence electrons. The minimum Gasteiger partial charge on any atom is -0.341 e. The van der Waals surface area contributed by atoms with Crippen LogP contribution in [0.3, 0.4) is 0 Å². The molecule has 1 unspecified atom stereocenters. The summed E-state index contributed by atoms with van der Waals surface area (Å²) in [5.74, 6) is -0.763. The molecule has 0 bridgehead atoms. The average Bonchev–Trinajstić information content (AvgIpc) is 3.27. The third-order valence-corrected chi connectivity index (χ3v) is 5.60. The zero-order chi connectivity index (χ0) is 21.8. The van der Waals surface area contributed by atoms with E-state index in [2.05, 4.69) is 5.10 Å². The van der Waals surface area contributed by atoms with Crippen LogP contribution in [0.5, 0.6) is 0 Å². The van der Waals surface area contributed by atoms with Crippen molar-refractivity contribution in [3.63, 3.8) is 0 Å². The topological polar surface area (TPSA) is 58.4 Å². The van der Waals surface area contributed by atoms with Gasteiger partial charge in [-0.1, -0.05) is 18.2 Å². The third-order valence-electron chi connectivity index (χ3n) is 5.60. The Kier molecular flexibility index (Phi) is 6.11. The van der Waals surface area contributed by atoms with Gasteiger partial charge in [0.25, 0.3) is 5.91 Å². The molecule has 3 aromatic rings. The number of carbonyl (C=O) groups excluding carboxylic acids is 2. The van der Waals surface area contributed by atoms with Crippen LogP contribution in [0.25, 0.3) is 5.69 Å². The lowest BCUT2D eigenvalue weighted by Crippen LogP contribution is -2.45. The van der Waals surface area contributed by atoms with Gasteiger partial charge in [-0.05, 0) is 49.2 Å². The lowest BCUT2D eigenvalue weighted by atomic mass is 9.96. The predicted molar refractivity (Wildman–Crippen MR) is 115 cm³/mol. The van der Waals surface area contributed by atoms with Crippen LogP contribution in [0.15, 0.2) is 67.0 Å². The largest absolute Gasteiger partial charge is 0.341 e. The Morgan fingerprint density at radius 2 is 1.87 bits per heavy atom. The van der Waals surface area contributed by atoms with Gasteiger partial charge in [0.1, 0.15) is 5.82 Å². The van der Waals surface area contributed by atoms with Crippen molar-refractivity contribution in [2.24, 2.45) is 5.92 Å². The van der Waals surface area contributed by atoms with Gasteiger partial charge >= 0.3 is 0 Å². The number of hydrogen-bond donors (Lipinski definition) is 0. The number of rotatable bonds is 5. The molecule has 0 spiro atoms. The molecule has 1 aromatic heterocycles. The first kappa shape index (κ1) is 20.8. The smallest absolute Gasteiger partial charge is 0.253 e. The Balaban J connectivity index is 1.38. The normalized spacial score (nSPS) is 16.2. The molecule has 1 saturated heterocycles. The van der Waals surface area contributed by atoms with Crippen molar-refractivity contribution in [1.29, 1.82) is 0 Å². The van der Waals surface area contributed by atoms with Crippen molar-refractivity contribution >= 4 is 11.8 Å². The number of para-hydroxylation sites is 1. The van der Waals surface area contributed by atoms with Crippen LogP contribution >= 0.6 is 0 Å². The molecule has 6 nitrogen and oxygen atoms in total. The molecule has 0 radical (unpaired) electrons. The van der Waals surface area contributed by atoms with Crippen molar-refractivity contribution in [2.75, 3.05) is 20.1 Å². The highest BCUT2D eigenvalue weighted by molar-refractivity contribution is 5.94. The zero-order valence-corrected chi connectivity index (χ0v) is 17.4. The van der Waals surface area contributed by atoms with E-state index in [1.165, 1.54) is 24.3 Å². The van der Waals surface area contributed by atoms with Gasteiger partial charge in [-0.2, -0.15) is 5.10 Å². The number of benzene rings is 2. The van der Waals surface area contributed by atoms with Crippen molar-refractivity contribution < 1.29 is 14.0 Å². The summed E-state index contributed by atoms with van der Waals surface area (Å²) in [6.45, 7) is 1.43. The number of likely N-dealkylation sites (tertiary alicyclic amines) is 1. The van der Waals surface area contributed by atoms with Crippen LogP contribution in [0.4, 0.5) is 4.39 Å². The first-order chi connectivity index (χ1) is 15.0. The fourth-order valence-corrected chi connectivity index (χ4v) is 3.97. The van der Waals surface area contributed by atoms with Gasteiger partial charge < -0.3 is 9.80 Å². The van der Waals surface area contributed by atoms with Gasteiger partial charge in [0.2, 0.25) is 5.91 Å². The number of hydrogen-bond acceptors (Lipinski definition) is 3. The number of amides is 2. The summed E-state index contributed by atoms with van der Waals surface area (Å²) in [5, 5.41) is 4.39. The van der Waals surface area contributed by atoms with E-state index in [1.54, 1.807) is 27.7 Å². The molecule has 7 heteroatoms. The summed E-state index contributed by atoms with van der Waals surface area (Å²) in [6, 6.07) is 15.3. The lowest BCUT2D eigenvalue weighted by Gasteiger charge is -2.34. The highest BCUT2D eigenvalue weighted by Gasteiger charge is 2.30. The van der Waals surface area contributed by atoms with E-state index in [-0.39, 0.29) is 23.5 Å². The molecule has 31 heavy (non-hydrogen) atoms. The number of piperidine rings is 1. The van der Waals surface area contributed by atoms with Gasteiger partial charge in [0.05, 0.1) is 17.8 Å². The molecule has 0 aliphatic carbocycles. The minimum absolute atomic E-state index is 0.0177. The second-order valence-corrected chi connectivity index (χ2v) is 7.92. The first-order valence-electron chi connectivity index (χ1n) is 10.4. The van der Waals surface area contributed by atoms with E-state index in [0.717, 1.165) is 24.1 Å². The maximum atomic E-state index is 13.1. The fourth-order valence-electron chi connectivity index (χ4n) is 3.97. The Bertz CT molecular complexity index is 1050. The molecule has 0 N–H and O–H groups in total. The van der Waals surface area contributed by atoms with Crippen LogP contribution in [0.2, 0.25) is 0 Å². The first-order valence-corrected chi connectivity index (χ1v) is 10.4. The van der Waals surface area contributed by atoms with E-state index in [1.807, 2.05) is 36.5 Å². The summed E-state index contributed by atoms with van der Waals surface area (Å²) in [4.78, 5) is 29.2. The molecular formula is C24H25FN4O2. The van der Waals surface area contributed by atoms with Gasteiger partial charge in [0, 0.05) is 44.0 Å². The van der Waals surface area contributed by atoms with E-state index in [0.29, 0.717) is 25.2 Å². The summed E-state index contributed by atoms with van der Waals surface area (Å²) < 4.78 is 14.9. The highest BCUT2D eigenvalue weighted by Crippen LogP contribution is 2.21. The fraction of sp³-hybridized carbons (Fsp3) is 0.292. The Hall–Kier alpha value is -3.48. The van der Waals surface area contributed by atoms with Gasteiger partial charge in [-0.25, -0.2) is 9.07 Å². The molecule has 2 heterocycles. The van der Waals surface area contributed by atoms with Crippen molar-refractivity contribution in [3.05, 3.63) is 83.9 Å². The van der Waals surface area contributed by atoms with Gasteiger partial charge in [-0.15, -0.1) is 0 Å². The number of carbonyl (C=O) groups is 2. The highest BCUT2D eigenvalue weighted by atomic mass is 19.1. The minimum atomic E-state index is -0.375. The monoisotopic (exact) mass is 420 g/mol. The summed E-state index contributed by atoms with van der Waals surface area (Å²) >= 11 is 0. The molecule has 2 amide bonds. The van der Waals surface area contributed by atoms with Gasteiger partial charge in [-0.3, -0.25) is 9.59 Å². The van der Waals surface area contributed by atoms with Crippen molar-refractivity contribution in [1.82, 2.24) is 19.6 Å². The number of halogens is 1. The summed E-state index contributed by atoms with van der Waals surface area (Å²) in [7, 11) is 1.78. The van der Waals surface area contributed by atoms with Crippen LogP contribution in [-0.2, 0) is 11.3 Å².